The van der Waals surface area contributed by atoms with Crippen molar-refractivity contribution in [3.63, 3.8) is 0 Å². The van der Waals surface area contributed by atoms with Crippen LogP contribution < -0.4 is 0 Å². The van der Waals surface area contributed by atoms with Crippen LogP contribution in [0.1, 0.15) is 27.0 Å². The maximum absolute atomic E-state index is 12.8. The second kappa shape index (κ2) is 5.94. The third-order valence-electron chi connectivity index (χ3n) is 3.65. The van der Waals surface area contributed by atoms with Crippen molar-refractivity contribution in [1.82, 2.24) is 4.98 Å². The van der Waals surface area contributed by atoms with Crippen molar-refractivity contribution >= 4 is 5.78 Å². The molecule has 2 aromatic carbocycles. The van der Waals surface area contributed by atoms with E-state index >= 15 is 0 Å². The lowest BCUT2D eigenvalue weighted by Crippen LogP contribution is -2.04. The monoisotopic (exact) mass is 287 g/mol. The molecule has 0 bridgehead atoms. The van der Waals surface area contributed by atoms with Gasteiger partial charge in [-0.15, -0.1) is 0 Å². The number of rotatable bonds is 3. The van der Waals surface area contributed by atoms with E-state index in [9.17, 15) is 4.79 Å². The fourth-order valence-corrected chi connectivity index (χ4v) is 2.50. The van der Waals surface area contributed by atoms with Gasteiger partial charge in [0.15, 0.2) is 5.78 Å². The van der Waals surface area contributed by atoms with E-state index in [0.29, 0.717) is 11.1 Å². The van der Waals surface area contributed by atoms with Gasteiger partial charge in [-0.1, -0.05) is 48.0 Å². The average Bonchev–Trinajstić information content (AvgIpc) is 2.55. The summed E-state index contributed by atoms with van der Waals surface area (Å²) in [5, 5.41) is 0. The molecule has 1 aromatic heterocycles. The van der Waals surface area contributed by atoms with Gasteiger partial charge in [0.2, 0.25) is 0 Å². The Bertz CT molecular complexity index is 822. The normalized spacial score (nSPS) is 10.5. The molecule has 3 aromatic rings. The zero-order valence-corrected chi connectivity index (χ0v) is 12.7. The van der Waals surface area contributed by atoms with E-state index in [0.717, 1.165) is 22.4 Å². The van der Waals surface area contributed by atoms with E-state index in [-0.39, 0.29) is 5.78 Å². The molecule has 0 aliphatic heterocycles. The van der Waals surface area contributed by atoms with E-state index < -0.39 is 0 Å². The summed E-state index contributed by atoms with van der Waals surface area (Å²) < 4.78 is 0. The summed E-state index contributed by atoms with van der Waals surface area (Å²) in [6.07, 6.45) is 1.78. The Labute approximate surface area is 130 Å². The molecule has 1 heterocycles. The Morgan fingerprint density at radius 1 is 0.864 bits per heavy atom. The molecule has 0 atom stereocenters. The summed E-state index contributed by atoms with van der Waals surface area (Å²) in [4.78, 5) is 17.2. The molecule has 0 aliphatic carbocycles. The maximum atomic E-state index is 12.8. The Balaban J connectivity index is 2.15. The van der Waals surface area contributed by atoms with E-state index in [1.807, 2.05) is 74.5 Å². The molecular formula is C20H17NO. The van der Waals surface area contributed by atoms with Crippen molar-refractivity contribution in [2.45, 2.75) is 13.8 Å². The number of aromatic nitrogens is 1. The number of carbonyl (C=O) groups excluding carboxylic acids is 1. The molecular weight excluding hydrogens is 270 g/mol. The smallest absolute Gasteiger partial charge is 0.193 e. The molecule has 0 saturated heterocycles. The van der Waals surface area contributed by atoms with Gasteiger partial charge in [0.25, 0.3) is 0 Å². The van der Waals surface area contributed by atoms with Crippen LogP contribution in [0.15, 0.2) is 66.9 Å². The first-order chi connectivity index (χ1) is 10.6. The molecule has 2 heteroatoms. The number of hydrogen-bond acceptors (Lipinski definition) is 2. The minimum absolute atomic E-state index is 0.0268. The van der Waals surface area contributed by atoms with Gasteiger partial charge in [0.1, 0.15) is 0 Å². The number of nitrogens with zero attached hydrogens (tertiary/aromatic N) is 1. The van der Waals surface area contributed by atoms with Crippen molar-refractivity contribution in [2.24, 2.45) is 0 Å². The highest BCUT2D eigenvalue weighted by Crippen LogP contribution is 2.26. The first-order valence-electron chi connectivity index (χ1n) is 7.28. The fourth-order valence-electron chi connectivity index (χ4n) is 2.50. The zero-order valence-electron chi connectivity index (χ0n) is 12.7. The zero-order chi connectivity index (χ0) is 15.5. The SMILES string of the molecule is Cc1ccnc(-c2cc(C)ccc2C(=O)c2ccccc2)c1. The van der Waals surface area contributed by atoms with Gasteiger partial charge < -0.3 is 0 Å². The van der Waals surface area contributed by atoms with E-state index in [1.165, 1.54) is 0 Å². The minimum Gasteiger partial charge on any atom is -0.289 e. The third kappa shape index (κ3) is 2.82. The van der Waals surface area contributed by atoms with Gasteiger partial charge in [-0.05, 0) is 37.6 Å². The highest BCUT2D eigenvalue weighted by Gasteiger charge is 2.15. The quantitative estimate of drug-likeness (QED) is 0.659. The van der Waals surface area contributed by atoms with Crippen LogP contribution in [0.4, 0.5) is 0 Å². The largest absolute Gasteiger partial charge is 0.289 e. The number of benzene rings is 2. The van der Waals surface area contributed by atoms with Crippen molar-refractivity contribution < 1.29 is 4.79 Å². The Morgan fingerprint density at radius 2 is 1.59 bits per heavy atom. The third-order valence-corrected chi connectivity index (χ3v) is 3.65. The lowest BCUT2D eigenvalue weighted by atomic mass is 9.94. The second-order valence-corrected chi connectivity index (χ2v) is 5.46. The van der Waals surface area contributed by atoms with Crippen LogP contribution in [0, 0.1) is 13.8 Å². The number of carbonyl (C=O) groups is 1. The summed E-state index contributed by atoms with van der Waals surface area (Å²) in [7, 11) is 0. The van der Waals surface area contributed by atoms with Crippen LogP contribution in [0.25, 0.3) is 11.3 Å². The van der Waals surface area contributed by atoms with Gasteiger partial charge in [0, 0.05) is 22.9 Å². The molecule has 0 spiro atoms. The van der Waals surface area contributed by atoms with Crippen LogP contribution in [-0.4, -0.2) is 10.8 Å². The summed E-state index contributed by atoms with van der Waals surface area (Å²) in [6.45, 7) is 4.05. The Kier molecular flexibility index (Phi) is 3.84. The van der Waals surface area contributed by atoms with Gasteiger partial charge in [0.05, 0.1) is 5.69 Å². The van der Waals surface area contributed by atoms with Crippen LogP contribution in [-0.2, 0) is 0 Å². The molecule has 0 fully saturated rings. The average molecular weight is 287 g/mol. The summed E-state index contributed by atoms with van der Waals surface area (Å²) >= 11 is 0. The Morgan fingerprint density at radius 3 is 2.32 bits per heavy atom. The summed E-state index contributed by atoms with van der Waals surface area (Å²) in [6, 6.07) is 19.2. The molecule has 0 amide bonds. The molecule has 2 nitrogen and oxygen atoms in total. The number of hydrogen-bond donors (Lipinski definition) is 0. The number of pyridine rings is 1. The molecule has 108 valence electrons. The van der Waals surface area contributed by atoms with Crippen molar-refractivity contribution in [3.8, 4) is 11.3 Å². The first-order valence-corrected chi connectivity index (χ1v) is 7.28. The Hall–Kier alpha value is -2.74. The maximum Gasteiger partial charge on any atom is 0.193 e. The van der Waals surface area contributed by atoms with Crippen LogP contribution in [0.3, 0.4) is 0 Å². The van der Waals surface area contributed by atoms with Gasteiger partial charge in [-0.25, -0.2) is 0 Å². The first kappa shape index (κ1) is 14.2. The van der Waals surface area contributed by atoms with E-state index in [2.05, 4.69) is 4.98 Å². The van der Waals surface area contributed by atoms with Crippen molar-refractivity contribution in [3.05, 3.63) is 89.1 Å². The van der Waals surface area contributed by atoms with E-state index in [1.54, 1.807) is 6.20 Å². The molecule has 0 N–H and O–H groups in total. The predicted molar refractivity (Wildman–Crippen MR) is 89.0 cm³/mol. The van der Waals surface area contributed by atoms with Crippen molar-refractivity contribution in [2.75, 3.05) is 0 Å². The summed E-state index contributed by atoms with van der Waals surface area (Å²) in [5.41, 5.74) is 5.35. The van der Waals surface area contributed by atoms with Gasteiger partial charge in [-0.2, -0.15) is 0 Å². The summed E-state index contributed by atoms with van der Waals surface area (Å²) in [5.74, 6) is 0.0268. The molecule has 0 radical (unpaired) electrons. The second-order valence-electron chi connectivity index (χ2n) is 5.46. The molecule has 0 unspecified atom stereocenters. The topological polar surface area (TPSA) is 30.0 Å². The number of ketones is 1. The predicted octanol–water partition coefficient (Wildman–Crippen LogP) is 4.60. The van der Waals surface area contributed by atoms with Gasteiger partial charge in [-0.3, -0.25) is 9.78 Å². The molecule has 0 saturated carbocycles. The van der Waals surface area contributed by atoms with Crippen LogP contribution in [0.5, 0.6) is 0 Å². The standard InChI is InChI=1S/C20H17NO/c1-14-8-9-17(20(22)16-6-4-3-5-7-16)18(12-14)19-13-15(2)10-11-21-19/h3-13H,1-2H3. The van der Waals surface area contributed by atoms with Gasteiger partial charge >= 0.3 is 0 Å². The highest BCUT2D eigenvalue weighted by atomic mass is 16.1. The molecule has 22 heavy (non-hydrogen) atoms. The highest BCUT2D eigenvalue weighted by molar-refractivity contribution is 6.12. The van der Waals surface area contributed by atoms with Crippen molar-refractivity contribution in [1.29, 1.82) is 0 Å². The van der Waals surface area contributed by atoms with E-state index in [4.69, 9.17) is 0 Å². The van der Waals surface area contributed by atoms with Crippen LogP contribution in [0.2, 0.25) is 0 Å². The number of aryl methyl sites for hydroxylation is 2. The van der Waals surface area contributed by atoms with Crippen LogP contribution >= 0.6 is 0 Å². The molecule has 0 aliphatic rings. The molecule has 3 rings (SSSR count). The lowest BCUT2D eigenvalue weighted by Gasteiger charge is -2.10. The lowest BCUT2D eigenvalue weighted by molar-refractivity contribution is 0.103. The fraction of sp³-hybridized carbons (Fsp3) is 0.100. The minimum atomic E-state index is 0.0268.